The number of aliphatic carboxylic acids is 1. The van der Waals surface area contributed by atoms with Crippen LogP contribution in [0.5, 0.6) is 0 Å². The Morgan fingerprint density at radius 1 is 1.56 bits per heavy atom. The van der Waals surface area contributed by atoms with Crippen molar-refractivity contribution in [1.29, 1.82) is 0 Å². The summed E-state index contributed by atoms with van der Waals surface area (Å²) in [5, 5.41) is 13.3. The van der Waals surface area contributed by atoms with Gasteiger partial charge in [0.05, 0.1) is 6.54 Å². The van der Waals surface area contributed by atoms with Gasteiger partial charge < -0.3 is 10.4 Å². The number of carbonyl (C=O) groups excluding carboxylic acids is 1. The van der Waals surface area contributed by atoms with Gasteiger partial charge in [-0.15, -0.1) is 11.3 Å². The molecule has 0 radical (unpaired) electrons. The number of hydrogen-bond donors (Lipinski definition) is 2. The van der Waals surface area contributed by atoms with E-state index in [0.29, 0.717) is 6.54 Å². The third-order valence-corrected chi connectivity index (χ3v) is 3.37. The van der Waals surface area contributed by atoms with Crippen molar-refractivity contribution in [2.45, 2.75) is 26.8 Å². The van der Waals surface area contributed by atoms with Crippen LogP contribution >= 0.6 is 11.3 Å². The lowest BCUT2D eigenvalue weighted by Gasteiger charge is -2.08. The monoisotopic (exact) mass is 241 g/mol. The molecule has 4 nitrogen and oxygen atoms in total. The van der Waals surface area contributed by atoms with Gasteiger partial charge >= 0.3 is 5.97 Å². The molecule has 0 spiro atoms. The quantitative estimate of drug-likeness (QED) is 0.770. The van der Waals surface area contributed by atoms with Crippen LogP contribution in [0, 0.1) is 5.92 Å². The summed E-state index contributed by atoms with van der Waals surface area (Å²) in [6, 6.07) is 2.02. The molecule has 0 aliphatic heterocycles. The number of aryl methyl sites for hydroxylation is 1. The standard InChI is InChI=1S/C11H15NO3S/c1-3-8-4-5-16-9(8)6-12-10(13)7(2)11(14)15/h4-5,7H,3,6H2,1-2H3,(H,12,13)(H,14,15). The second kappa shape index (κ2) is 5.65. The minimum atomic E-state index is -1.10. The molecule has 1 amide bonds. The van der Waals surface area contributed by atoms with Gasteiger partial charge in [-0.1, -0.05) is 6.92 Å². The van der Waals surface area contributed by atoms with Crippen LogP contribution in [0.2, 0.25) is 0 Å². The van der Waals surface area contributed by atoms with Crippen LogP contribution in [-0.4, -0.2) is 17.0 Å². The first-order valence-electron chi connectivity index (χ1n) is 5.12. The van der Waals surface area contributed by atoms with Crippen molar-refractivity contribution in [2.24, 2.45) is 5.92 Å². The Hall–Kier alpha value is -1.36. The number of hydrogen-bond acceptors (Lipinski definition) is 3. The van der Waals surface area contributed by atoms with E-state index in [9.17, 15) is 9.59 Å². The first-order valence-corrected chi connectivity index (χ1v) is 6.00. The first-order chi connectivity index (χ1) is 7.56. The zero-order valence-electron chi connectivity index (χ0n) is 9.32. The van der Waals surface area contributed by atoms with Crippen LogP contribution in [0.15, 0.2) is 11.4 Å². The molecule has 0 bridgehead atoms. The number of rotatable bonds is 5. The average molecular weight is 241 g/mol. The minimum Gasteiger partial charge on any atom is -0.481 e. The summed E-state index contributed by atoms with van der Waals surface area (Å²) < 4.78 is 0. The lowest BCUT2D eigenvalue weighted by Crippen LogP contribution is -2.33. The Morgan fingerprint density at radius 2 is 2.25 bits per heavy atom. The van der Waals surface area contributed by atoms with E-state index in [2.05, 4.69) is 5.32 Å². The molecule has 2 N–H and O–H groups in total. The maximum atomic E-state index is 11.4. The fourth-order valence-corrected chi connectivity index (χ4v) is 2.19. The van der Waals surface area contributed by atoms with Crippen LogP contribution in [0.25, 0.3) is 0 Å². The van der Waals surface area contributed by atoms with Gasteiger partial charge in [-0.2, -0.15) is 0 Å². The van der Waals surface area contributed by atoms with E-state index in [4.69, 9.17) is 5.11 Å². The Labute approximate surface area is 98.3 Å². The van der Waals surface area contributed by atoms with Crippen molar-refractivity contribution in [3.05, 3.63) is 21.9 Å². The maximum Gasteiger partial charge on any atom is 0.315 e. The molecule has 1 aromatic heterocycles. The highest BCUT2D eigenvalue weighted by Crippen LogP contribution is 2.17. The molecular weight excluding hydrogens is 226 g/mol. The van der Waals surface area contributed by atoms with Gasteiger partial charge in [0.15, 0.2) is 0 Å². The zero-order valence-corrected chi connectivity index (χ0v) is 10.1. The third kappa shape index (κ3) is 3.06. The average Bonchev–Trinajstić information content (AvgIpc) is 2.71. The molecule has 88 valence electrons. The Bertz CT molecular complexity index is 386. The number of carboxylic acid groups (broad SMARTS) is 1. The van der Waals surface area contributed by atoms with Gasteiger partial charge in [0.2, 0.25) is 5.91 Å². The zero-order chi connectivity index (χ0) is 12.1. The van der Waals surface area contributed by atoms with Crippen LogP contribution in [-0.2, 0) is 22.6 Å². The van der Waals surface area contributed by atoms with E-state index >= 15 is 0 Å². The van der Waals surface area contributed by atoms with Gasteiger partial charge in [-0.05, 0) is 30.4 Å². The molecule has 0 aromatic carbocycles. The van der Waals surface area contributed by atoms with Crippen LogP contribution < -0.4 is 5.32 Å². The molecule has 1 unspecified atom stereocenters. The summed E-state index contributed by atoms with van der Waals surface area (Å²) in [7, 11) is 0. The van der Waals surface area contributed by atoms with Crippen molar-refractivity contribution in [2.75, 3.05) is 0 Å². The van der Waals surface area contributed by atoms with E-state index in [1.807, 2.05) is 18.4 Å². The predicted molar refractivity (Wildman–Crippen MR) is 62.3 cm³/mol. The van der Waals surface area contributed by atoms with Crippen molar-refractivity contribution >= 4 is 23.2 Å². The lowest BCUT2D eigenvalue weighted by molar-refractivity contribution is -0.146. The second-order valence-corrected chi connectivity index (χ2v) is 4.50. The van der Waals surface area contributed by atoms with Gasteiger partial charge in [0.25, 0.3) is 0 Å². The highest BCUT2D eigenvalue weighted by Gasteiger charge is 2.20. The molecule has 1 heterocycles. The lowest BCUT2D eigenvalue weighted by atomic mass is 10.1. The fraction of sp³-hybridized carbons (Fsp3) is 0.455. The number of thiophene rings is 1. The fourth-order valence-electron chi connectivity index (χ4n) is 1.27. The number of carbonyl (C=O) groups is 2. The summed E-state index contributed by atoms with van der Waals surface area (Å²) in [4.78, 5) is 23.1. The normalized spacial score (nSPS) is 12.1. The molecule has 1 rings (SSSR count). The summed E-state index contributed by atoms with van der Waals surface area (Å²) >= 11 is 1.57. The highest BCUT2D eigenvalue weighted by molar-refractivity contribution is 7.10. The summed E-state index contributed by atoms with van der Waals surface area (Å²) in [6.07, 6.45) is 0.920. The van der Waals surface area contributed by atoms with E-state index in [-0.39, 0.29) is 0 Å². The van der Waals surface area contributed by atoms with E-state index in [1.165, 1.54) is 12.5 Å². The van der Waals surface area contributed by atoms with Gasteiger partial charge in [0.1, 0.15) is 5.92 Å². The van der Waals surface area contributed by atoms with E-state index < -0.39 is 17.8 Å². The molecule has 1 aromatic rings. The Balaban J connectivity index is 2.52. The van der Waals surface area contributed by atoms with Crippen molar-refractivity contribution in [3.63, 3.8) is 0 Å². The van der Waals surface area contributed by atoms with Gasteiger partial charge in [-0.25, -0.2) is 0 Å². The molecule has 5 heteroatoms. The minimum absolute atomic E-state index is 0.414. The number of amides is 1. The largest absolute Gasteiger partial charge is 0.481 e. The van der Waals surface area contributed by atoms with Gasteiger partial charge in [-0.3, -0.25) is 9.59 Å². The molecule has 0 saturated carbocycles. The van der Waals surface area contributed by atoms with Crippen LogP contribution in [0.1, 0.15) is 24.3 Å². The molecule has 1 atom stereocenters. The Morgan fingerprint density at radius 3 is 2.81 bits per heavy atom. The molecule has 16 heavy (non-hydrogen) atoms. The van der Waals surface area contributed by atoms with E-state index in [1.54, 1.807) is 11.3 Å². The number of nitrogens with one attached hydrogen (secondary N) is 1. The van der Waals surface area contributed by atoms with Crippen molar-refractivity contribution < 1.29 is 14.7 Å². The third-order valence-electron chi connectivity index (χ3n) is 2.41. The predicted octanol–water partition coefficient (Wildman–Crippen LogP) is 1.65. The SMILES string of the molecule is CCc1ccsc1CNC(=O)C(C)C(=O)O. The van der Waals surface area contributed by atoms with Gasteiger partial charge in [0, 0.05) is 4.88 Å². The molecular formula is C11H15NO3S. The highest BCUT2D eigenvalue weighted by atomic mass is 32.1. The summed E-state index contributed by atoms with van der Waals surface area (Å²) in [6.45, 7) is 3.84. The van der Waals surface area contributed by atoms with E-state index in [0.717, 1.165) is 11.3 Å². The Kier molecular flexibility index (Phi) is 4.49. The smallest absolute Gasteiger partial charge is 0.315 e. The topological polar surface area (TPSA) is 66.4 Å². The molecule has 0 aliphatic rings. The molecule has 0 fully saturated rings. The molecule has 0 aliphatic carbocycles. The van der Waals surface area contributed by atoms with Crippen LogP contribution in [0.4, 0.5) is 0 Å². The van der Waals surface area contributed by atoms with Crippen molar-refractivity contribution in [3.8, 4) is 0 Å². The maximum absolute atomic E-state index is 11.4. The summed E-state index contributed by atoms with van der Waals surface area (Å²) in [5.74, 6) is -2.53. The van der Waals surface area contributed by atoms with Crippen molar-refractivity contribution in [1.82, 2.24) is 5.32 Å². The number of carboxylic acids is 1. The first kappa shape index (κ1) is 12.7. The second-order valence-electron chi connectivity index (χ2n) is 3.50. The molecule has 0 saturated heterocycles. The van der Waals surface area contributed by atoms with Crippen LogP contribution in [0.3, 0.4) is 0 Å². The summed E-state index contributed by atoms with van der Waals surface area (Å²) in [5.41, 5.74) is 1.20.